The topological polar surface area (TPSA) is 54.9 Å². The molecule has 4 nitrogen and oxygen atoms in total. The molecule has 1 atom stereocenters. The van der Waals surface area contributed by atoms with Crippen LogP contribution in [-0.4, -0.2) is 21.8 Å². The highest BCUT2D eigenvalue weighted by molar-refractivity contribution is 5.84. The first-order valence-corrected chi connectivity index (χ1v) is 4.81. The van der Waals surface area contributed by atoms with Crippen LogP contribution in [0.5, 0.6) is 0 Å². The van der Waals surface area contributed by atoms with Crippen molar-refractivity contribution >= 4 is 11.7 Å². The number of aromatic nitrogens is 2. The van der Waals surface area contributed by atoms with Crippen molar-refractivity contribution in [1.82, 2.24) is 9.97 Å². The molecule has 0 aliphatic heterocycles. The van der Waals surface area contributed by atoms with Gasteiger partial charge in [0.15, 0.2) is 5.78 Å². The number of rotatable bonds is 4. The number of hydrogen-bond donors (Lipinski definition) is 1. The van der Waals surface area contributed by atoms with Crippen LogP contribution in [0.4, 0.5) is 5.95 Å². The Morgan fingerprint density at radius 1 is 1.50 bits per heavy atom. The van der Waals surface area contributed by atoms with Gasteiger partial charge >= 0.3 is 0 Å². The van der Waals surface area contributed by atoms with Crippen molar-refractivity contribution in [3.05, 3.63) is 18.5 Å². The summed E-state index contributed by atoms with van der Waals surface area (Å²) in [5, 5.41) is 3.07. The van der Waals surface area contributed by atoms with E-state index in [0.29, 0.717) is 11.9 Å². The van der Waals surface area contributed by atoms with Crippen LogP contribution in [0.1, 0.15) is 19.8 Å². The van der Waals surface area contributed by atoms with Gasteiger partial charge in [-0.05, 0) is 31.7 Å². The van der Waals surface area contributed by atoms with Crippen LogP contribution in [0.25, 0.3) is 0 Å². The fourth-order valence-electron chi connectivity index (χ4n) is 1.49. The summed E-state index contributed by atoms with van der Waals surface area (Å²) in [7, 11) is 0. The predicted octanol–water partition coefficient (Wildman–Crippen LogP) is 1.26. The van der Waals surface area contributed by atoms with E-state index in [0.717, 1.165) is 12.8 Å². The molecule has 0 saturated heterocycles. The third-order valence-electron chi connectivity index (χ3n) is 2.38. The van der Waals surface area contributed by atoms with Gasteiger partial charge in [0.05, 0.1) is 6.04 Å². The molecule has 1 aromatic heterocycles. The molecule has 74 valence electrons. The lowest BCUT2D eigenvalue weighted by molar-refractivity contribution is -0.118. The van der Waals surface area contributed by atoms with E-state index < -0.39 is 0 Å². The summed E-state index contributed by atoms with van der Waals surface area (Å²) in [6.07, 6.45) is 5.59. The third-order valence-corrected chi connectivity index (χ3v) is 2.38. The number of nitrogens with zero attached hydrogens (tertiary/aromatic N) is 2. The molecule has 1 aliphatic carbocycles. The summed E-state index contributed by atoms with van der Waals surface area (Å²) in [6, 6.07) is 1.66. The number of carbonyl (C=O) groups is 1. The number of Topliss-reactive ketones (excluding diaryl/α,β-unsaturated/α-hetero) is 1. The molecular formula is C10H13N3O. The summed E-state index contributed by atoms with van der Waals surface area (Å²) in [5.74, 6) is 1.19. The number of hydrogen-bond acceptors (Lipinski definition) is 4. The molecule has 0 bridgehead atoms. The third kappa shape index (κ3) is 2.07. The zero-order valence-corrected chi connectivity index (χ0v) is 8.10. The van der Waals surface area contributed by atoms with E-state index in [2.05, 4.69) is 15.3 Å². The molecule has 0 radical (unpaired) electrons. The van der Waals surface area contributed by atoms with Crippen LogP contribution in [0.15, 0.2) is 18.5 Å². The molecule has 1 fully saturated rings. The van der Waals surface area contributed by atoms with Gasteiger partial charge in [-0.2, -0.15) is 0 Å². The van der Waals surface area contributed by atoms with Crippen molar-refractivity contribution in [2.45, 2.75) is 25.8 Å². The fourth-order valence-corrected chi connectivity index (χ4v) is 1.49. The van der Waals surface area contributed by atoms with E-state index in [1.807, 2.05) is 0 Å². The first-order chi connectivity index (χ1) is 6.77. The van der Waals surface area contributed by atoms with Crippen molar-refractivity contribution in [1.29, 1.82) is 0 Å². The minimum atomic E-state index is -0.0996. The Hall–Kier alpha value is -1.45. The minimum absolute atomic E-state index is 0.0996. The molecule has 0 spiro atoms. The lowest BCUT2D eigenvalue weighted by Gasteiger charge is -2.14. The van der Waals surface area contributed by atoms with Crippen LogP contribution in [0.2, 0.25) is 0 Å². The molecule has 14 heavy (non-hydrogen) atoms. The van der Waals surface area contributed by atoms with Crippen molar-refractivity contribution in [3.63, 3.8) is 0 Å². The average molecular weight is 191 g/mol. The second-order valence-corrected chi connectivity index (χ2v) is 3.64. The zero-order chi connectivity index (χ0) is 9.97. The number of carbonyl (C=O) groups excluding carboxylic acids is 1. The Morgan fingerprint density at radius 3 is 2.64 bits per heavy atom. The zero-order valence-electron chi connectivity index (χ0n) is 8.10. The summed E-state index contributed by atoms with van der Waals surface area (Å²) in [5.41, 5.74) is 0. The SMILES string of the molecule is CC(=O)C(Nc1ncccn1)C1CC1. The smallest absolute Gasteiger partial charge is 0.223 e. The summed E-state index contributed by atoms with van der Waals surface area (Å²) >= 11 is 0. The van der Waals surface area contributed by atoms with E-state index in [1.165, 1.54) is 0 Å². The van der Waals surface area contributed by atoms with Crippen molar-refractivity contribution in [2.75, 3.05) is 5.32 Å². The molecule has 1 heterocycles. The van der Waals surface area contributed by atoms with E-state index in [9.17, 15) is 4.79 Å². The van der Waals surface area contributed by atoms with Crippen LogP contribution >= 0.6 is 0 Å². The van der Waals surface area contributed by atoms with Crippen LogP contribution in [0, 0.1) is 5.92 Å². The van der Waals surface area contributed by atoms with Crippen molar-refractivity contribution in [2.24, 2.45) is 5.92 Å². The molecule has 1 aromatic rings. The highest BCUT2D eigenvalue weighted by Crippen LogP contribution is 2.34. The second-order valence-electron chi connectivity index (χ2n) is 3.64. The first kappa shape index (κ1) is 9.12. The lowest BCUT2D eigenvalue weighted by Crippen LogP contribution is -2.30. The Morgan fingerprint density at radius 2 is 2.14 bits per heavy atom. The maximum Gasteiger partial charge on any atom is 0.223 e. The summed E-state index contributed by atoms with van der Waals surface area (Å²) < 4.78 is 0. The lowest BCUT2D eigenvalue weighted by atomic mass is 10.1. The molecule has 1 unspecified atom stereocenters. The van der Waals surface area contributed by atoms with Crippen LogP contribution in [0.3, 0.4) is 0 Å². The second kappa shape index (κ2) is 3.74. The molecule has 0 aromatic carbocycles. The van der Waals surface area contributed by atoms with E-state index in [1.54, 1.807) is 25.4 Å². The largest absolute Gasteiger partial charge is 0.344 e. The van der Waals surface area contributed by atoms with Gasteiger partial charge in [0, 0.05) is 12.4 Å². The van der Waals surface area contributed by atoms with Gasteiger partial charge in [0.1, 0.15) is 0 Å². The average Bonchev–Trinajstić information content (AvgIpc) is 2.99. The summed E-state index contributed by atoms with van der Waals surface area (Å²) in [4.78, 5) is 19.4. The fraction of sp³-hybridized carbons (Fsp3) is 0.500. The summed E-state index contributed by atoms with van der Waals surface area (Å²) in [6.45, 7) is 1.61. The van der Waals surface area contributed by atoms with Gasteiger partial charge in [-0.3, -0.25) is 4.79 Å². The van der Waals surface area contributed by atoms with E-state index in [-0.39, 0.29) is 11.8 Å². The minimum Gasteiger partial charge on any atom is -0.344 e. The number of ketones is 1. The first-order valence-electron chi connectivity index (χ1n) is 4.81. The molecule has 4 heteroatoms. The van der Waals surface area contributed by atoms with Gasteiger partial charge in [0.25, 0.3) is 0 Å². The van der Waals surface area contributed by atoms with Gasteiger partial charge in [-0.25, -0.2) is 9.97 Å². The Bertz CT molecular complexity index is 321. The quantitative estimate of drug-likeness (QED) is 0.778. The maximum absolute atomic E-state index is 11.3. The predicted molar refractivity (Wildman–Crippen MR) is 52.8 cm³/mol. The van der Waals surface area contributed by atoms with Crippen LogP contribution < -0.4 is 5.32 Å². The number of nitrogens with one attached hydrogen (secondary N) is 1. The normalized spacial score (nSPS) is 17.5. The van der Waals surface area contributed by atoms with Crippen LogP contribution in [-0.2, 0) is 4.79 Å². The Kier molecular flexibility index (Phi) is 2.43. The van der Waals surface area contributed by atoms with E-state index >= 15 is 0 Å². The molecule has 1 aliphatic rings. The monoisotopic (exact) mass is 191 g/mol. The van der Waals surface area contributed by atoms with Crippen molar-refractivity contribution in [3.8, 4) is 0 Å². The highest BCUT2D eigenvalue weighted by Gasteiger charge is 2.34. The Labute approximate surface area is 82.8 Å². The number of anilines is 1. The molecule has 1 saturated carbocycles. The van der Waals surface area contributed by atoms with Gasteiger partial charge in [-0.1, -0.05) is 0 Å². The molecule has 1 N–H and O–H groups in total. The van der Waals surface area contributed by atoms with Gasteiger partial charge in [-0.15, -0.1) is 0 Å². The molecule has 2 rings (SSSR count). The Balaban J connectivity index is 2.04. The van der Waals surface area contributed by atoms with Gasteiger partial charge in [0.2, 0.25) is 5.95 Å². The maximum atomic E-state index is 11.3. The van der Waals surface area contributed by atoms with Crippen molar-refractivity contribution < 1.29 is 4.79 Å². The molecule has 0 amide bonds. The van der Waals surface area contributed by atoms with E-state index in [4.69, 9.17) is 0 Å². The molecular weight excluding hydrogens is 178 g/mol. The highest BCUT2D eigenvalue weighted by atomic mass is 16.1. The van der Waals surface area contributed by atoms with Gasteiger partial charge < -0.3 is 5.32 Å². The standard InChI is InChI=1S/C10H13N3O/c1-7(14)9(8-3-4-8)13-10-11-5-2-6-12-10/h2,5-6,8-9H,3-4H2,1H3,(H,11,12,13).